The maximum atomic E-state index is 9.60. The third kappa shape index (κ3) is 11.0. The van der Waals surface area contributed by atoms with E-state index in [1.165, 1.54) is 69.7 Å². The van der Waals surface area contributed by atoms with Gasteiger partial charge in [0.15, 0.2) is 0 Å². The normalized spacial score (nSPS) is 10.7. The predicted octanol–water partition coefficient (Wildman–Crippen LogP) is 4.48. The number of quaternary nitrogens is 1. The number of rotatable bonds is 10. The van der Waals surface area contributed by atoms with E-state index in [1.54, 1.807) is 0 Å². The molecule has 0 saturated heterocycles. The van der Waals surface area contributed by atoms with Gasteiger partial charge in [-0.05, 0) is 32.6 Å². The maximum absolute atomic E-state index is 9.60. The Morgan fingerprint density at radius 3 is 1.45 bits per heavy atom. The first-order valence-corrected chi connectivity index (χ1v) is 8.12. The van der Waals surface area contributed by atoms with E-state index in [4.69, 9.17) is 5.11 Å². The number of aliphatic carboxylic acids is 1. The van der Waals surface area contributed by atoms with Crippen molar-refractivity contribution in [1.82, 2.24) is 0 Å². The van der Waals surface area contributed by atoms with Crippen molar-refractivity contribution in [2.24, 2.45) is 0 Å². The highest BCUT2D eigenvalue weighted by atomic mass is 16.4. The maximum Gasteiger partial charge on any atom is 0.330 e. The lowest BCUT2D eigenvalue weighted by Crippen LogP contribution is -2.50. The summed E-state index contributed by atoms with van der Waals surface area (Å²) in [6.45, 7) is 19.5. The Bertz CT molecular complexity index is 233. The molecule has 0 aromatic heterocycles. The van der Waals surface area contributed by atoms with Crippen LogP contribution in [0.3, 0.4) is 0 Å². The van der Waals surface area contributed by atoms with Gasteiger partial charge in [-0.25, -0.2) is 4.79 Å². The average molecular weight is 286 g/mol. The number of carbonyl (C=O) groups is 1. The average Bonchev–Trinajstić information content (AvgIpc) is 2.38. The summed E-state index contributed by atoms with van der Waals surface area (Å²) in [6, 6.07) is 0. The van der Waals surface area contributed by atoms with E-state index < -0.39 is 5.97 Å². The molecule has 1 N–H and O–H groups in total. The molecule has 0 bridgehead atoms. The molecule has 0 aliphatic carbocycles. The van der Waals surface area contributed by atoms with Crippen molar-refractivity contribution in [3.8, 4) is 0 Å². The number of carboxylic acid groups (broad SMARTS) is 1. The van der Waals surface area contributed by atoms with Crippen LogP contribution in [0, 0.1) is 0 Å². The molecule has 0 aliphatic rings. The van der Waals surface area contributed by atoms with E-state index in [9.17, 15) is 4.79 Å². The SMILES string of the molecule is C=C(C)C(=O)O.CCCC[N+](CCC)(CCC)CCC. The molecular weight excluding hydrogens is 250 g/mol. The number of nitrogens with zero attached hydrogens (tertiary/aromatic N) is 1. The molecule has 20 heavy (non-hydrogen) atoms. The lowest BCUT2D eigenvalue weighted by atomic mass is 10.2. The highest BCUT2D eigenvalue weighted by molar-refractivity contribution is 5.84. The summed E-state index contributed by atoms with van der Waals surface area (Å²) in [7, 11) is 0. The molecule has 0 aromatic carbocycles. The van der Waals surface area contributed by atoms with E-state index in [0.717, 1.165) is 0 Å². The van der Waals surface area contributed by atoms with Gasteiger partial charge in [0.05, 0.1) is 26.2 Å². The van der Waals surface area contributed by atoms with Crippen molar-refractivity contribution in [2.45, 2.75) is 66.7 Å². The van der Waals surface area contributed by atoms with Crippen molar-refractivity contribution >= 4 is 5.97 Å². The second kappa shape index (κ2) is 13.2. The number of hydrogen-bond acceptors (Lipinski definition) is 1. The molecule has 0 aliphatic heterocycles. The van der Waals surface area contributed by atoms with E-state index in [2.05, 4.69) is 34.3 Å². The predicted molar refractivity (Wildman–Crippen MR) is 88.0 cm³/mol. The smallest absolute Gasteiger partial charge is 0.330 e. The van der Waals surface area contributed by atoms with Crippen LogP contribution in [0.25, 0.3) is 0 Å². The Kier molecular flexibility index (Phi) is 14.1. The molecule has 0 fully saturated rings. The van der Waals surface area contributed by atoms with Crippen LogP contribution in [0.4, 0.5) is 0 Å². The lowest BCUT2D eigenvalue weighted by Gasteiger charge is -2.38. The minimum atomic E-state index is -0.935. The molecule has 3 nitrogen and oxygen atoms in total. The highest BCUT2D eigenvalue weighted by Crippen LogP contribution is 2.13. The Labute approximate surface area is 126 Å². The molecule has 0 saturated carbocycles. The molecule has 0 rings (SSSR count). The zero-order valence-electron chi connectivity index (χ0n) is 14.4. The topological polar surface area (TPSA) is 37.3 Å². The molecular formula is C17H36NO2+. The van der Waals surface area contributed by atoms with Crippen molar-refractivity contribution in [2.75, 3.05) is 26.2 Å². The van der Waals surface area contributed by atoms with Gasteiger partial charge in [-0.3, -0.25) is 0 Å². The quantitative estimate of drug-likeness (QED) is 0.475. The standard InChI is InChI=1S/C13H30N.C4H6O2/c1-5-9-13-14(10-6-2,11-7-3)12-8-4;1-3(2)4(5)6/h5-13H2,1-4H3;1H2,2H3,(H,5,6)/q+1;. The van der Waals surface area contributed by atoms with Gasteiger partial charge in [0.2, 0.25) is 0 Å². The number of unbranched alkanes of at least 4 members (excludes halogenated alkanes) is 1. The van der Waals surface area contributed by atoms with Gasteiger partial charge in [0.25, 0.3) is 0 Å². The van der Waals surface area contributed by atoms with Crippen molar-refractivity contribution in [1.29, 1.82) is 0 Å². The van der Waals surface area contributed by atoms with Crippen LogP contribution >= 0.6 is 0 Å². The highest BCUT2D eigenvalue weighted by Gasteiger charge is 2.23. The van der Waals surface area contributed by atoms with Gasteiger partial charge < -0.3 is 9.59 Å². The van der Waals surface area contributed by atoms with Gasteiger partial charge >= 0.3 is 5.97 Å². The summed E-state index contributed by atoms with van der Waals surface area (Å²) in [6.07, 6.45) is 6.76. The Morgan fingerprint density at radius 2 is 1.25 bits per heavy atom. The van der Waals surface area contributed by atoms with Gasteiger partial charge in [0, 0.05) is 5.57 Å². The van der Waals surface area contributed by atoms with Gasteiger partial charge in [-0.2, -0.15) is 0 Å². The molecule has 120 valence electrons. The molecule has 0 radical (unpaired) electrons. The molecule has 0 amide bonds. The number of carboxylic acids is 1. The van der Waals surface area contributed by atoms with E-state index in [1.807, 2.05) is 0 Å². The third-order valence-corrected chi connectivity index (χ3v) is 3.44. The van der Waals surface area contributed by atoms with Crippen LogP contribution in [-0.2, 0) is 4.79 Å². The Balaban J connectivity index is 0. The Hall–Kier alpha value is -0.830. The first-order chi connectivity index (χ1) is 9.39. The van der Waals surface area contributed by atoms with Crippen LogP contribution in [0.1, 0.15) is 66.7 Å². The summed E-state index contributed by atoms with van der Waals surface area (Å²) < 4.78 is 1.39. The summed E-state index contributed by atoms with van der Waals surface area (Å²) in [4.78, 5) is 9.60. The fourth-order valence-corrected chi connectivity index (χ4v) is 2.59. The summed E-state index contributed by atoms with van der Waals surface area (Å²) in [5.74, 6) is -0.935. The number of hydrogen-bond donors (Lipinski definition) is 1. The van der Waals surface area contributed by atoms with E-state index in [0.29, 0.717) is 0 Å². The molecule has 0 heterocycles. The third-order valence-electron chi connectivity index (χ3n) is 3.44. The molecule has 3 heteroatoms. The first kappa shape index (κ1) is 21.5. The summed E-state index contributed by atoms with van der Waals surface area (Å²) in [5, 5.41) is 7.89. The van der Waals surface area contributed by atoms with Crippen LogP contribution in [0.5, 0.6) is 0 Å². The lowest BCUT2D eigenvalue weighted by molar-refractivity contribution is -0.928. The van der Waals surface area contributed by atoms with Crippen LogP contribution in [-0.4, -0.2) is 41.7 Å². The second-order valence-corrected chi connectivity index (χ2v) is 5.68. The zero-order chi connectivity index (χ0) is 16.0. The van der Waals surface area contributed by atoms with E-state index in [-0.39, 0.29) is 5.57 Å². The molecule has 0 aromatic rings. The van der Waals surface area contributed by atoms with Gasteiger partial charge in [-0.1, -0.05) is 40.7 Å². The van der Waals surface area contributed by atoms with Crippen molar-refractivity contribution < 1.29 is 14.4 Å². The minimum absolute atomic E-state index is 0.176. The second-order valence-electron chi connectivity index (χ2n) is 5.68. The van der Waals surface area contributed by atoms with Gasteiger partial charge in [-0.15, -0.1) is 0 Å². The summed E-state index contributed by atoms with van der Waals surface area (Å²) in [5.41, 5.74) is 0.176. The van der Waals surface area contributed by atoms with Gasteiger partial charge in [0.1, 0.15) is 0 Å². The minimum Gasteiger partial charge on any atom is -0.478 e. The van der Waals surface area contributed by atoms with Crippen LogP contribution in [0.2, 0.25) is 0 Å². The van der Waals surface area contributed by atoms with Crippen LogP contribution < -0.4 is 0 Å². The molecule has 0 atom stereocenters. The van der Waals surface area contributed by atoms with Crippen LogP contribution in [0.15, 0.2) is 12.2 Å². The van der Waals surface area contributed by atoms with Crippen molar-refractivity contribution in [3.63, 3.8) is 0 Å². The van der Waals surface area contributed by atoms with E-state index >= 15 is 0 Å². The fourth-order valence-electron chi connectivity index (χ4n) is 2.59. The summed E-state index contributed by atoms with van der Waals surface area (Å²) >= 11 is 0. The van der Waals surface area contributed by atoms with Crippen molar-refractivity contribution in [3.05, 3.63) is 12.2 Å². The monoisotopic (exact) mass is 286 g/mol. The fraction of sp³-hybridized carbons (Fsp3) is 0.824. The molecule has 0 unspecified atom stereocenters. The molecule has 0 spiro atoms. The largest absolute Gasteiger partial charge is 0.478 e. The zero-order valence-corrected chi connectivity index (χ0v) is 14.4. The Morgan fingerprint density at radius 1 is 0.900 bits per heavy atom. The first-order valence-electron chi connectivity index (χ1n) is 8.12.